The Balaban J connectivity index is 1.44. The molecule has 34 heavy (non-hydrogen) atoms. The molecule has 9 heteroatoms. The highest BCUT2D eigenvalue weighted by Gasteiger charge is 2.18. The largest absolute Gasteiger partial charge is 0.280 e. The molecular weight excluding hydrogens is 448 g/mol. The Labute approximate surface area is 197 Å². The zero-order valence-electron chi connectivity index (χ0n) is 18.9. The quantitative estimate of drug-likeness (QED) is 0.403. The van der Waals surface area contributed by atoms with Crippen molar-refractivity contribution in [2.24, 2.45) is 0 Å². The minimum Gasteiger partial charge on any atom is -0.280 e. The summed E-state index contributed by atoms with van der Waals surface area (Å²) in [6.45, 7) is 5.67. The fraction of sp³-hybridized carbons (Fsp3) is 0.120. The van der Waals surface area contributed by atoms with E-state index >= 15 is 0 Å². The number of pyridine rings is 1. The van der Waals surface area contributed by atoms with E-state index in [0.29, 0.717) is 34.1 Å². The summed E-state index contributed by atoms with van der Waals surface area (Å²) in [5, 5.41) is 13.1. The molecule has 3 aromatic heterocycles. The number of fused-ring (bicyclic) bond motifs is 1. The predicted octanol–water partition coefficient (Wildman–Crippen LogP) is 4.58. The molecule has 0 saturated carbocycles. The topological polar surface area (TPSA) is 102 Å². The SMILES string of the molecule is Cc1cc(C)c(S(=O)(=O)Nc2ccc(-c3ccc4nnc(-c5ccccn5)n4n3)cc2)cc1C. The minimum atomic E-state index is -3.71. The third-order valence-electron chi connectivity index (χ3n) is 5.67. The molecule has 0 aliphatic rings. The molecule has 0 amide bonds. The van der Waals surface area contributed by atoms with Crippen LogP contribution in [0.1, 0.15) is 16.7 Å². The number of nitrogens with one attached hydrogen (secondary N) is 1. The Kier molecular flexibility index (Phi) is 5.33. The van der Waals surface area contributed by atoms with Crippen LogP contribution in [0.2, 0.25) is 0 Å². The van der Waals surface area contributed by atoms with Gasteiger partial charge in [-0.1, -0.05) is 24.3 Å². The van der Waals surface area contributed by atoms with Crippen LogP contribution in [0.3, 0.4) is 0 Å². The third kappa shape index (κ3) is 4.01. The molecule has 0 radical (unpaired) electrons. The zero-order chi connectivity index (χ0) is 23.9. The van der Waals surface area contributed by atoms with Gasteiger partial charge in [0.15, 0.2) is 5.65 Å². The Morgan fingerprint density at radius 3 is 2.29 bits per heavy atom. The molecular formula is C25H22N6O2S. The van der Waals surface area contributed by atoms with Gasteiger partial charge in [0.25, 0.3) is 10.0 Å². The highest BCUT2D eigenvalue weighted by Crippen LogP contribution is 2.25. The molecule has 1 N–H and O–H groups in total. The summed E-state index contributed by atoms with van der Waals surface area (Å²) >= 11 is 0. The maximum Gasteiger partial charge on any atom is 0.262 e. The first-order valence-electron chi connectivity index (χ1n) is 10.7. The van der Waals surface area contributed by atoms with Gasteiger partial charge in [0.05, 0.1) is 10.6 Å². The summed E-state index contributed by atoms with van der Waals surface area (Å²) in [5.74, 6) is 0.547. The second-order valence-corrected chi connectivity index (χ2v) is 9.76. The van der Waals surface area contributed by atoms with Gasteiger partial charge >= 0.3 is 0 Å². The van der Waals surface area contributed by atoms with Gasteiger partial charge in [0, 0.05) is 17.4 Å². The number of benzene rings is 2. The van der Waals surface area contributed by atoms with Gasteiger partial charge < -0.3 is 0 Å². The summed E-state index contributed by atoms with van der Waals surface area (Å²) in [6, 6.07) is 19.9. The normalized spacial score (nSPS) is 11.6. The highest BCUT2D eigenvalue weighted by atomic mass is 32.2. The van der Waals surface area contributed by atoms with Crippen molar-refractivity contribution in [1.29, 1.82) is 0 Å². The van der Waals surface area contributed by atoms with E-state index in [1.54, 1.807) is 35.8 Å². The molecule has 5 aromatic rings. The lowest BCUT2D eigenvalue weighted by atomic mass is 10.1. The van der Waals surface area contributed by atoms with E-state index in [2.05, 4.69) is 25.0 Å². The van der Waals surface area contributed by atoms with Crippen LogP contribution in [0.15, 0.2) is 77.8 Å². The van der Waals surface area contributed by atoms with E-state index in [0.717, 1.165) is 16.7 Å². The number of sulfonamides is 1. The van der Waals surface area contributed by atoms with Crippen molar-refractivity contribution >= 4 is 21.4 Å². The van der Waals surface area contributed by atoms with Crippen LogP contribution >= 0.6 is 0 Å². The molecule has 5 rings (SSSR count). The van der Waals surface area contributed by atoms with E-state index in [9.17, 15) is 8.42 Å². The average molecular weight is 471 g/mol. The molecule has 0 atom stereocenters. The second kappa shape index (κ2) is 8.35. The van der Waals surface area contributed by atoms with Crippen molar-refractivity contribution < 1.29 is 8.42 Å². The van der Waals surface area contributed by atoms with Gasteiger partial charge in [-0.15, -0.1) is 10.2 Å². The van der Waals surface area contributed by atoms with Crippen molar-refractivity contribution in [3.8, 4) is 22.8 Å². The minimum absolute atomic E-state index is 0.279. The molecule has 0 aliphatic heterocycles. The number of aromatic nitrogens is 5. The first kappa shape index (κ1) is 21.7. The Morgan fingerprint density at radius 1 is 0.794 bits per heavy atom. The lowest BCUT2D eigenvalue weighted by Crippen LogP contribution is -2.14. The monoisotopic (exact) mass is 470 g/mol. The van der Waals surface area contributed by atoms with E-state index in [1.807, 2.05) is 62.4 Å². The first-order valence-corrected chi connectivity index (χ1v) is 12.2. The van der Waals surface area contributed by atoms with Crippen LogP contribution < -0.4 is 4.72 Å². The van der Waals surface area contributed by atoms with Crippen molar-refractivity contribution in [3.05, 3.63) is 89.6 Å². The van der Waals surface area contributed by atoms with Crippen molar-refractivity contribution in [1.82, 2.24) is 24.8 Å². The fourth-order valence-corrected chi connectivity index (χ4v) is 5.11. The Hall–Kier alpha value is -4.11. The van der Waals surface area contributed by atoms with Crippen molar-refractivity contribution in [2.45, 2.75) is 25.7 Å². The Morgan fingerprint density at radius 2 is 1.56 bits per heavy atom. The summed E-state index contributed by atoms with van der Waals surface area (Å²) in [6.07, 6.45) is 1.69. The number of anilines is 1. The third-order valence-corrected chi connectivity index (χ3v) is 7.19. The zero-order valence-corrected chi connectivity index (χ0v) is 19.7. The average Bonchev–Trinajstić information content (AvgIpc) is 3.25. The van der Waals surface area contributed by atoms with Crippen LogP contribution in [-0.4, -0.2) is 33.2 Å². The number of hydrogen-bond donors (Lipinski definition) is 1. The number of hydrogen-bond acceptors (Lipinski definition) is 6. The molecule has 0 bridgehead atoms. The standard InChI is InChI=1S/C25H22N6O2S/c1-16-14-18(3)23(15-17(16)2)34(32,33)30-20-9-7-19(8-10-20)21-11-12-24-27-28-25(31(24)29-21)22-6-4-5-13-26-22/h4-15,30H,1-3H3. The van der Waals surface area contributed by atoms with E-state index in [1.165, 1.54) is 0 Å². The number of aryl methyl sites for hydroxylation is 3. The molecule has 2 aromatic carbocycles. The van der Waals surface area contributed by atoms with E-state index in [-0.39, 0.29) is 4.90 Å². The van der Waals surface area contributed by atoms with Crippen LogP contribution in [0.4, 0.5) is 5.69 Å². The van der Waals surface area contributed by atoms with Gasteiger partial charge in [-0.3, -0.25) is 9.71 Å². The van der Waals surface area contributed by atoms with Gasteiger partial charge in [0.1, 0.15) is 5.69 Å². The van der Waals surface area contributed by atoms with Crippen LogP contribution in [0, 0.1) is 20.8 Å². The Bertz CT molecular complexity index is 1610. The van der Waals surface area contributed by atoms with Crippen LogP contribution in [0.5, 0.6) is 0 Å². The summed E-state index contributed by atoms with van der Waals surface area (Å²) in [5.41, 5.74) is 5.98. The molecule has 0 spiro atoms. The lowest BCUT2D eigenvalue weighted by molar-refractivity contribution is 0.600. The predicted molar refractivity (Wildman–Crippen MR) is 131 cm³/mol. The molecule has 3 heterocycles. The maximum atomic E-state index is 13.0. The smallest absolute Gasteiger partial charge is 0.262 e. The summed E-state index contributed by atoms with van der Waals surface area (Å²) < 4.78 is 30.3. The van der Waals surface area contributed by atoms with Gasteiger partial charge in [-0.2, -0.15) is 9.61 Å². The van der Waals surface area contributed by atoms with E-state index in [4.69, 9.17) is 0 Å². The van der Waals surface area contributed by atoms with Crippen LogP contribution in [0.25, 0.3) is 28.4 Å². The van der Waals surface area contributed by atoms with E-state index < -0.39 is 10.0 Å². The maximum absolute atomic E-state index is 13.0. The highest BCUT2D eigenvalue weighted by molar-refractivity contribution is 7.92. The molecule has 170 valence electrons. The van der Waals surface area contributed by atoms with Crippen molar-refractivity contribution in [3.63, 3.8) is 0 Å². The summed E-state index contributed by atoms with van der Waals surface area (Å²) in [7, 11) is -3.71. The molecule has 0 aliphatic carbocycles. The van der Waals surface area contributed by atoms with Crippen LogP contribution in [-0.2, 0) is 10.0 Å². The number of rotatable bonds is 5. The first-order chi connectivity index (χ1) is 16.3. The molecule has 0 fully saturated rings. The number of nitrogens with zero attached hydrogens (tertiary/aromatic N) is 5. The van der Waals surface area contributed by atoms with Gasteiger partial charge in [0.2, 0.25) is 5.82 Å². The van der Waals surface area contributed by atoms with Crippen molar-refractivity contribution in [2.75, 3.05) is 4.72 Å². The molecule has 0 unspecified atom stereocenters. The summed E-state index contributed by atoms with van der Waals surface area (Å²) in [4.78, 5) is 4.61. The lowest BCUT2D eigenvalue weighted by Gasteiger charge is -2.13. The molecule has 0 saturated heterocycles. The fourth-order valence-electron chi connectivity index (χ4n) is 3.74. The second-order valence-electron chi connectivity index (χ2n) is 8.11. The van der Waals surface area contributed by atoms with Gasteiger partial charge in [-0.05, 0) is 79.9 Å². The molecule has 8 nitrogen and oxygen atoms in total. The van der Waals surface area contributed by atoms with Gasteiger partial charge in [-0.25, -0.2) is 8.42 Å².